The molecule has 0 saturated carbocycles. The maximum atomic E-state index is 5.39. The molecule has 64 valence electrons. The lowest BCUT2D eigenvalue weighted by atomic mass is 9.82. The van der Waals surface area contributed by atoms with Crippen LogP contribution in [-0.4, -0.2) is 39.5 Å². The van der Waals surface area contributed by atoms with Crippen molar-refractivity contribution in [2.45, 2.75) is 6.42 Å². The third-order valence-electron chi connectivity index (χ3n) is 2.52. The van der Waals surface area contributed by atoms with Crippen molar-refractivity contribution >= 4 is 0 Å². The molecule has 2 fully saturated rings. The Hall–Kier alpha value is -0.120. The monoisotopic (exact) mass is 157 g/mol. The summed E-state index contributed by atoms with van der Waals surface area (Å²) in [6, 6.07) is 0. The highest BCUT2D eigenvalue weighted by Gasteiger charge is 2.38. The molecule has 3 nitrogen and oxygen atoms in total. The predicted octanol–water partition coefficient (Wildman–Crippen LogP) is 0.0129. The smallest absolute Gasteiger partial charge is 0.0590 e. The van der Waals surface area contributed by atoms with E-state index < -0.39 is 0 Å². The molecule has 0 unspecified atom stereocenters. The van der Waals surface area contributed by atoms with Gasteiger partial charge in [-0.05, 0) is 6.42 Å². The molecule has 0 aromatic rings. The van der Waals surface area contributed by atoms with E-state index in [9.17, 15) is 0 Å². The Kier molecular flexibility index (Phi) is 2.11. The third-order valence-corrected chi connectivity index (χ3v) is 2.52. The summed E-state index contributed by atoms with van der Waals surface area (Å²) in [4.78, 5) is 0. The van der Waals surface area contributed by atoms with Crippen molar-refractivity contribution in [3.63, 3.8) is 0 Å². The zero-order valence-corrected chi connectivity index (χ0v) is 6.77. The Morgan fingerprint density at radius 1 is 1.09 bits per heavy atom. The van der Waals surface area contributed by atoms with Crippen LogP contribution < -0.4 is 5.32 Å². The molecular formula is C8H15NO2. The highest BCUT2D eigenvalue weighted by molar-refractivity contribution is 4.88. The standard InChI is InChI=1S/C8H15NO2/c1-3-10-4-2-9-5-8(1)6-11-7-8/h9H,1-7H2. The van der Waals surface area contributed by atoms with Crippen LogP contribution in [-0.2, 0) is 9.47 Å². The van der Waals surface area contributed by atoms with Gasteiger partial charge in [-0.2, -0.15) is 0 Å². The zero-order valence-electron chi connectivity index (χ0n) is 6.77. The summed E-state index contributed by atoms with van der Waals surface area (Å²) in [6.07, 6.45) is 1.15. The normalized spacial score (nSPS) is 30.5. The molecule has 2 heterocycles. The molecule has 0 radical (unpaired) electrons. The minimum absolute atomic E-state index is 0.417. The lowest BCUT2D eigenvalue weighted by molar-refractivity contribution is -0.128. The molecule has 0 amide bonds. The van der Waals surface area contributed by atoms with Crippen LogP contribution in [0.4, 0.5) is 0 Å². The zero-order chi connectivity index (χ0) is 7.57. The van der Waals surface area contributed by atoms with Gasteiger partial charge in [0.05, 0.1) is 19.8 Å². The second-order valence-electron chi connectivity index (χ2n) is 3.53. The first-order chi connectivity index (χ1) is 5.41. The van der Waals surface area contributed by atoms with Crippen LogP contribution in [0.3, 0.4) is 0 Å². The maximum Gasteiger partial charge on any atom is 0.0590 e. The summed E-state index contributed by atoms with van der Waals surface area (Å²) in [7, 11) is 0. The van der Waals surface area contributed by atoms with Gasteiger partial charge < -0.3 is 14.8 Å². The van der Waals surface area contributed by atoms with Crippen molar-refractivity contribution < 1.29 is 9.47 Å². The number of nitrogens with one attached hydrogen (secondary N) is 1. The molecule has 2 aliphatic heterocycles. The third kappa shape index (κ3) is 1.55. The average molecular weight is 157 g/mol. The molecule has 1 N–H and O–H groups in total. The molecule has 3 heteroatoms. The van der Waals surface area contributed by atoms with Gasteiger partial charge in [0.2, 0.25) is 0 Å². The van der Waals surface area contributed by atoms with Crippen molar-refractivity contribution in [1.82, 2.24) is 5.32 Å². The minimum Gasteiger partial charge on any atom is -0.380 e. The molecule has 2 aliphatic rings. The van der Waals surface area contributed by atoms with Gasteiger partial charge in [-0.25, -0.2) is 0 Å². The predicted molar refractivity (Wildman–Crippen MR) is 41.6 cm³/mol. The second-order valence-corrected chi connectivity index (χ2v) is 3.53. The molecule has 11 heavy (non-hydrogen) atoms. The second kappa shape index (κ2) is 3.09. The minimum atomic E-state index is 0.417. The van der Waals surface area contributed by atoms with Crippen LogP contribution in [0.1, 0.15) is 6.42 Å². The number of hydrogen-bond acceptors (Lipinski definition) is 3. The van der Waals surface area contributed by atoms with E-state index in [0.29, 0.717) is 5.41 Å². The van der Waals surface area contributed by atoms with Crippen molar-refractivity contribution in [3.8, 4) is 0 Å². The van der Waals surface area contributed by atoms with Crippen LogP contribution >= 0.6 is 0 Å². The summed E-state index contributed by atoms with van der Waals surface area (Å²) in [5.74, 6) is 0. The SMILES string of the molecule is C1COCCC2(CN1)COC2. The topological polar surface area (TPSA) is 30.5 Å². The van der Waals surface area contributed by atoms with Crippen LogP contribution in [0.25, 0.3) is 0 Å². The van der Waals surface area contributed by atoms with Crippen molar-refractivity contribution in [1.29, 1.82) is 0 Å². The van der Waals surface area contributed by atoms with Gasteiger partial charge in [-0.15, -0.1) is 0 Å². The van der Waals surface area contributed by atoms with Gasteiger partial charge in [0, 0.05) is 25.1 Å². The Labute approximate surface area is 67.1 Å². The summed E-state index contributed by atoms with van der Waals surface area (Å²) in [6.45, 7) is 5.70. The van der Waals surface area contributed by atoms with E-state index in [2.05, 4.69) is 5.32 Å². The Morgan fingerprint density at radius 3 is 2.73 bits per heavy atom. The van der Waals surface area contributed by atoms with Gasteiger partial charge in [0.1, 0.15) is 0 Å². The van der Waals surface area contributed by atoms with Gasteiger partial charge in [0.25, 0.3) is 0 Å². The summed E-state index contributed by atoms with van der Waals surface area (Å²) in [5, 5.41) is 3.38. The lowest BCUT2D eigenvalue weighted by Gasteiger charge is -2.42. The number of ether oxygens (including phenoxy) is 2. The Bertz CT molecular complexity index is 124. The number of rotatable bonds is 0. The fourth-order valence-electron chi connectivity index (χ4n) is 1.61. The molecule has 0 aliphatic carbocycles. The molecular weight excluding hydrogens is 142 g/mol. The molecule has 0 aromatic heterocycles. The summed E-state index contributed by atoms with van der Waals surface area (Å²) < 4.78 is 10.6. The van der Waals surface area contributed by atoms with Crippen molar-refractivity contribution in [3.05, 3.63) is 0 Å². The largest absolute Gasteiger partial charge is 0.380 e. The highest BCUT2D eigenvalue weighted by Crippen LogP contribution is 2.30. The van der Waals surface area contributed by atoms with Gasteiger partial charge in [0.15, 0.2) is 0 Å². The van der Waals surface area contributed by atoms with Crippen LogP contribution in [0.15, 0.2) is 0 Å². The quantitative estimate of drug-likeness (QED) is 0.537. The van der Waals surface area contributed by atoms with E-state index in [1.54, 1.807) is 0 Å². The van der Waals surface area contributed by atoms with Crippen LogP contribution in [0, 0.1) is 5.41 Å². The fourth-order valence-corrected chi connectivity index (χ4v) is 1.61. The van der Waals surface area contributed by atoms with E-state index in [1.165, 1.54) is 0 Å². The van der Waals surface area contributed by atoms with E-state index in [4.69, 9.17) is 9.47 Å². The van der Waals surface area contributed by atoms with Crippen molar-refractivity contribution in [2.75, 3.05) is 39.5 Å². The van der Waals surface area contributed by atoms with Gasteiger partial charge >= 0.3 is 0 Å². The highest BCUT2D eigenvalue weighted by atomic mass is 16.5. The van der Waals surface area contributed by atoms with E-state index in [1.807, 2.05) is 0 Å². The fraction of sp³-hybridized carbons (Fsp3) is 1.00. The first-order valence-corrected chi connectivity index (χ1v) is 4.28. The summed E-state index contributed by atoms with van der Waals surface area (Å²) >= 11 is 0. The first-order valence-electron chi connectivity index (χ1n) is 4.28. The van der Waals surface area contributed by atoms with Crippen LogP contribution in [0.5, 0.6) is 0 Å². The molecule has 0 atom stereocenters. The Morgan fingerprint density at radius 2 is 2.00 bits per heavy atom. The molecule has 0 bridgehead atoms. The average Bonchev–Trinajstić information content (AvgIpc) is 1.82. The maximum absolute atomic E-state index is 5.39. The summed E-state index contributed by atoms with van der Waals surface area (Å²) in [5.41, 5.74) is 0.417. The molecule has 2 rings (SSSR count). The Balaban J connectivity index is 1.86. The van der Waals surface area contributed by atoms with Crippen molar-refractivity contribution in [2.24, 2.45) is 5.41 Å². The van der Waals surface area contributed by atoms with E-state index >= 15 is 0 Å². The van der Waals surface area contributed by atoms with E-state index in [0.717, 1.165) is 45.9 Å². The molecule has 0 aromatic carbocycles. The lowest BCUT2D eigenvalue weighted by Crippen LogP contribution is -2.51. The first kappa shape index (κ1) is 7.53. The van der Waals surface area contributed by atoms with Gasteiger partial charge in [-0.1, -0.05) is 0 Å². The number of hydrogen-bond donors (Lipinski definition) is 1. The van der Waals surface area contributed by atoms with Crippen LogP contribution in [0.2, 0.25) is 0 Å². The molecule has 2 saturated heterocycles. The van der Waals surface area contributed by atoms with Gasteiger partial charge in [-0.3, -0.25) is 0 Å². The molecule has 1 spiro atoms. The van der Waals surface area contributed by atoms with E-state index in [-0.39, 0.29) is 0 Å².